The predicted molar refractivity (Wildman–Crippen MR) is 146 cm³/mol. The third-order valence-electron chi connectivity index (χ3n) is 8.03. The molecule has 7 heterocycles. The van der Waals surface area contributed by atoms with E-state index in [9.17, 15) is 4.79 Å². The first-order valence-corrected chi connectivity index (χ1v) is 13.0. The second-order valence-electron chi connectivity index (χ2n) is 10.5. The van der Waals surface area contributed by atoms with Gasteiger partial charge in [-0.25, -0.2) is 9.97 Å². The van der Waals surface area contributed by atoms with E-state index in [1.165, 1.54) is 0 Å². The first-order valence-electron chi connectivity index (χ1n) is 13.0. The molecule has 10 nitrogen and oxygen atoms in total. The fourth-order valence-corrected chi connectivity index (χ4v) is 6.21. The Kier molecular flexibility index (Phi) is 5.34. The zero-order valence-electron chi connectivity index (χ0n) is 21.7. The van der Waals surface area contributed by atoms with Crippen molar-refractivity contribution in [2.45, 2.75) is 31.7 Å². The van der Waals surface area contributed by atoms with Crippen molar-refractivity contribution in [3.05, 3.63) is 59.7 Å². The van der Waals surface area contributed by atoms with E-state index < -0.39 is 0 Å². The summed E-state index contributed by atoms with van der Waals surface area (Å²) in [5.74, 6) is 0.591. The van der Waals surface area contributed by atoms with Gasteiger partial charge in [-0.15, -0.1) is 0 Å². The average Bonchev–Trinajstić information content (AvgIpc) is 3.60. The van der Waals surface area contributed by atoms with Crippen LogP contribution in [0.3, 0.4) is 0 Å². The number of amides is 1. The Hall–Kier alpha value is -4.02. The maximum atomic E-state index is 13.0. The summed E-state index contributed by atoms with van der Waals surface area (Å²) in [4.78, 5) is 32.1. The second-order valence-corrected chi connectivity index (χ2v) is 10.5. The monoisotopic (exact) mass is 510 g/mol. The molecule has 7 rings (SSSR count). The second kappa shape index (κ2) is 8.78. The number of fused-ring (bicyclic) bond motifs is 5. The van der Waals surface area contributed by atoms with Crippen LogP contribution >= 0.6 is 0 Å². The summed E-state index contributed by atoms with van der Waals surface area (Å²) >= 11 is 0. The van der Waals surface area contributed by atoms with Gasteiger partial charge in [0, 0.05) is 75.3 Å². The smallest absolute Gasteiger partial charge is 0.254 e. The number of pyridine rings is 3. The lowest BCUT2D eigenvalue weighted by atomic mass is 10.0. The molecule has 1 fully saturated rings. The summed E-state index contributed by atoms with van der Waals surface area (Å²) in [6.07, 6.45) is 6.78. The van der Waals surface area contributed by atoms with Crippen molar-refractivity contribution in [1.29, 1.82) is 0 Å². The Morgan fingerprint density at radius 1 is 1.13 bits per heavy atom. The highest BCUT2D eigenvalue weighted by molar-refractivity contribution is 6.06. The van der Waals surface area contributed by atoms with E-state index in [0.717, 1.165) is 65.3 Å². The molecular formula is C28H30N8O2. The van der Waals surface area contributed by atoms with Crippen LogP contribution in [0.2, 0.25) is 0 Å². The quantitative estimate of drug-likeness (QED) is 0.432. The van der Waals surface area contributed by atoms with E-state index in [-0.39, 0.29) is 12.0 Å². The van der Waals surface area contributed by atoms with E-state index in [1.54, 1.807) is 19.5 Å². The van der Waals surface area contributed by atoms with E-state index >= 15 is 0 Å². The van der Waals surface area contributed by atoms with Crippen LogP contribution in [-0.2, 0) is 24.9 Å². The van der Waals surface area contributed by atoms with Crippen molar-refractivity contribution in [1.82, 2.24) is 29.7 Å². The zero-order valence-corrected chi connectivity index (χ0v) is 21.7. The Morgan fingerprint density at radius 2 is 2.03 bits per heavy atom. The van der Waals surface area contributed by atoms with E-state index in [1.807, 2.05) is 36.0 Å². The highest BCUT2D eigenvalue weighted by Crippen LogP contribution is 2.37. The fourth-order valence-electron chi connectivity index (χ4n) is 6.21. The molecule has 1 amide bonds. The Balaban J connectivity index is 1.25. The van der Waals surface area contributed by atoms with Gasteiger partial charge in [0.25, 0.3) is 5.91 Å². The third-order valence-corrected chi connectivity index (χ3v) is 8.03. The van der Waals surface area contributed by atoms with Gasteiger partial charge in [-0.05, 0) is 37.7 Å². The SMILES string of the molecule is CO[C@H]1C[C@@H]2CN(C)Cc3nc(Nc4cnc(-c5ccnc6c5ccn6C)c5c4C(=O)NC5)ccc3N2C1. The van der Waals surface area contributed by atoms with Crippen LogP contribution in [0.15, 0.2) is 42.9 Å². The van der Waals surface area contributed by atoms with Crippen molar-refractivity contribution >= 4 is 34.1 Å². The molecule has 4 aromatic heterocycles. The molecule has 0 saturated carbocycles. The molecule has 4 aromatic rings. The minimum absolute atomic E-state index is 0.107. The third kappa shape index (κ3) is 3.63. The number of hydrogen-bond acceptors (Lipinski definition) is 8. The van der Waals surface area contributed by atoms with Gasteiger partial charge in [0.1, 0.15) is 11.5 Å². The molecule has 0 radical (unpaired) electrons. The maximum absolute atomic E-state index is 13.0. The normalized spacial score (nSPS) is 20.7. The molecule has 0 bridgehead atoms. The molecule has 1 saturated heterocycles. The molecular weight excluding hydrogens is 480 g/mol. The number of aromatic nitrogens is 4. The number of anilines is 3. The summed E-state index contributed by atoms with van der Waals surface area (Å²) in [5, 5.41) is 7.41. The van der Waals surface area contributed by atoms with Crippen molar-refractivity contribution < 1.29 is 9.53 Å². The summed E-state index contributed by atoms with van der Waals surface area (Å²) < 4.78 is 7.66. The molecule has 194 valence electrons. The number of carbonyl (C=O) groups is 1. The van der Waals surface area contributed by atoms with Gasteiger partial charge < -0.3 is 24.8 Å². The highest BCUT2D eigenvalue weighted by Gasteiger charge is 2.36. The van der Waals surface area contributed by atoms with Gasteiger partial charge in [0.2, 0.25) is 0 Å². The Morgan fingerprint density at radius 3 is 2.89 bits per heavy atom. The van der Waals surface area contributed by atoms with Crippen LogP contribution in [0.5, 0.6) is 0 Å². The summed E-state index contributed by atoms with van der Waals surface area (Å²) in [7, 11) is 5.90. The van der Waals surface area contributed by atoms with E-state index in [0.29, 0.717) is 29.7 Å². The number of rotatable bonds is 4. The van der Waals surface area contributed by atoms with Gasteiger partial charge in [-0.2, -0.15) is 0 Å². The predicted octanol–water partition coefficient (Wildman–Crippen LogP) is 3.06. The molecule has 38 heavy (non-hydrogen) atoms. The molecule has 2 N–H and O–H groups in total. The molecule has 0 unspecified atom stereocenters. The van der Waals surface area contributed by atoms with Gasteiger partial charge in [0.05, 0.1) is 40.6 Å². The number of carbonyl (C=O) groups excluding carboxylic acids is 1. The van der Waals surface area contributed by atoms with E-state index in [4.69, 9.17) is 14.7 Å². The van der Waals surface area contributed by atoms with Crippen LogP contribution in [0, 0.1) is 0 Å². The lowest BCUT2D eigenvalue weighted by Gasteiger charge is -2.26. The van der Waals surface area contributed by atoms with Crippen LogP contribution in [0.1, 0.15) is 28.0 Å². The van der Waals surface area contributed by atoms with Crippen molar-refractivity contribution in [2.24, 2.45) is 7.05 Å². The summed E-state index contributed by atoms with van der Waals surface area (Å²) in [5.41, 5.74) is 6.99. The molecule has 0 aliphatic carbocycles. The molecule has 3 aliphatic heterocycles. The van der Waals surface area contributed by atoms with Crippen LogP contribution in [-0.4, -0.2) is 69.7 Å². The van der Waals surface area contributed by atoms with Crippen LogP contribution in [0.4, 0.5) is 17.2 Å². The zero-order chi connectivity index (χ0) is 26.0. The van der Waals surface area contributed by atoms with Crippen molar-refractivity contribution in [3.63, 3.8) is 0 Å². The van der Waals surface area contributed by atoms with Gasteiger partial charge in [0.15, 0.2) is 0 Å². The summed E-state index contributed by atoms with van der Waals surface area (Å²) in [6, 6.07) is 8.55. The number of methoxy groups -OCH3 is 1. The minimum Gasteiger partial charge on any atom is -0.380 e. The fraction of sp³-hybridized carbons (Fsp3) is 0.357. The topological polar surface area (TPSA) is 100 Å². The lowest BCUT2D eigenvalue weighted by Crippen LogP contribution is -2.35. The maximum Gasteiger partial charge on any atom is 0.254 e. The number of hydrogen-bond donors (Lipinski definition) is 2. The summed E-state index contributed by atoms with van der Waals surface area (Å²) in [6.45, 7) is 3.05. The van der Waals surface area contributed by atoms with Gasteiger partial charge in [-0.3, -0.25) is 14.7 Å². The Labute approximate surface area is 220 Å². The average molecular weight is 511 g/mol. The lowest BCUT2D eigenvalue weighted by molar-refractivity contribution is 0.0966. The van der Waals surface area contributed by atoms with Gasteiger partial charge in [-0.1, -0.05) is 0 Å². The van der Waals surface area contributed by atoms with Crippen molar-refractivity contribution in [3.8, 4) is 11.3 Å². The van der Waals surface area contributed by atoms with Gasteiger partial charge >= 0.3 is 0 Å². The van der Waals surface area contributed by atoms with Crippen LogP contribution in [0.25, 0.3) is 22.3 Å². The largest absolute Gasteiger partial charge is 0.380 e. The molecule has 2 atom stereocenters. The van der Waals surface area contributed by atoms with Crippen LogP contribution < -0.4 is 15.5 Å². The van der Waals surface area contributed by atoms with Crippen molar-refractivity contribution in [2.75, 3.05) is 37.5 Å². The minimum atomic E-state index is -0.107. The number of aryl methyl sites for hydroxylation is 1. The molecule has 10 heteroatoms. The number of likely N-dealkylation sites (N-methyl/N-ethyl adjacent to an activating group) is 1. The number of ether oxygens (including phenoxy) is 1. The molecule has 0 spiro atoms. The number of nitrogens with zero attached hydrogens (tertiary/aromatic N) is 6. The Bertz CT molecular complexity index is 1580. The molecule has 3 aliphatic rings. The first-order chi connectivity index (χ1) is 18.5. The highest BCUT2D eigenvalue weighted by atomic mass is 16.5. The standard InChI is InChI=1S/C28H30N8O2/c1-34-13-16-10-17(38-3)14-36(16)23-4-5-24(33-22(23)15-34)32-21-12-30-26(20-11-31-28(37)25(20)21)18-6-8-29-27-19(18)7-9-35(27)2/h4-9,12,16-17H,10-11,13-15H2,1-3H3,(H,31,37)(H,32,33)/t16-,17+/m1/s1. The molecule has 0 aromatic carbocycles. The van der Waals surface area contributed by atoms with E-state index in [2.05, 4.69) is 38.5 Å². The first kappa shape index (κ1) is 23.1. The number of nitrogens with one attached hydrogen (secondary N) is 2.